The molecule has 0 amide bonds. The van der Waals surface area contributed by atoms with Crippen molar-refractivity contribution < 1.29 is 22.6 Å². The fourth-order valence-corrected chi connectivity index (χ4v) is 5.81. The van der Waals surface area contributed by atoms with Gasteiger partial charge in [0.05, 0.1) is 12.3 Å². The van der Waals surface area contributed by atoms with Gasteiger partial charge in [0.1, 0.15) is 0 Å². The minimum Gasteiger partial charge on any atom is -0.402 e. The van der Waals surface area contributed by atoms with Crippen molar-refractivity contribution in [1.29, 1.82) is 0 Å². The molecular formula is C24H32F3N5O2. The third-order valence-corrected chi connectivity index (χ3v) is 7.71. The maximum atomic E-state index is 12.8. The highest BCUT2D eigenvalue weighted by atomic mass is 19.4. The Balaban J connectivity index is 1.37. The summed E-state index contributed by atoms with van der Waals surface area (Å²) >= 11 is 0. The number of pyridine rings is 1. The molecule has 2 aliphatic carbocycles. The van der Waals surface area contributed by atoms with Gasteiger partial charge in [-0.25, -0.2) is 4.98 Å². The Bertz CT molecular complexity index is 1010. The molecule has 0 spiro atoms. The number of nitrogens with two attached hydrogens (primary N) is 1. The number of hydrogen-bond donors (Lipinski definition) is 1. The second-order valence-corrected chi connectivity index (χ2v) is 9.79. The summed E-state index contributed by atoms with van der Waals surface area (Å²) in [6, 6.07) is 4.11. The van der Waals surface area contributed by atoms with Gasteiger partial charge in [-0.05, 0) is 56.6 Å². The van der Waals surface area contributed by atoms with E-state index in [4.69, 9.17) is 15.6 Å². The van der Waals surface area contributed by atoms with E-state index in [2.05, 4.69) is 33.2 Å². The van der Waals surface area contributed by atoms with Gasteiger partial charge < -0.3 is 15.2 Å². The second-order valence-electron chi connectivity index (χ2n) is 9.79. The molecule has 0 bridgehead atoms. The lowest BCUT2D eigenvalue weighted by Gasteiger charge is -2.28. The predicted molar refractivity (Wildman–Crippen MR) is 121 cm³/mol. The predicted octanol–water partition coefficient (Wildman–Crippen LogP) is 4.61. The van der Waals surface area contributed by atoms with Gasteiger partial charge in [0, 0.05) is 55.2 Å². The molecule has 3 unspecified atom stereocenters. The van der Waals surface area contributed by atoms with Crippen LogP contribution in [0.15, 0.2) is 18.3 Å². The Morgan fingerprint density at radius 3 is 2.68 bits per heavy atom. The van der Waals surface area contributed by atoms with Crippen LogP contribution in [0.5, 0.6) is 5.75 Å². The first-order valence-corrected chi connectivity index (χ1v) is 12.2. The van der Waals surface area contributed by atoms with Crippen LogP contribution in [0.4, 0.5) is 19.0 Å². The molecule has 2 aromatic rings. The van der Waals surface area contributed by atoms with Crippen molar-refractivity contribution >= 4 is 5.82 Å². The third kappa shape index (κ3) is 4.62. The average molecular weight is 480 g/mol. The van der Waals surface area contributed by atoms with E-state index in [1.807, 2.05) is 6.07 Å². The van der Waals surface area contributed by atoms with Crippen LogP contribution < -0.4 is 10.5 Å². The topological polar surface area (TPSA) is 78.4 Å². The highest BCUT2D eigenvalue weighted by Crippen LogP contribution is 2.64. The highest BCUT2D eigenvalue weighted by molar-refractivity contribution is 5.64. The lowest BCUT2D eigenvalue weighted by atomic mass is 10.0. The van der Waals surface area contributed by atoms with Crippen LogP contribution >= 0.6 is 0 Å². The summed E-state index contributed by atoms with van der Waals surface area (Å²) in [6.45, 7) is 8.02. The first-order valence-electron chi connectivity index (χ1n) is 12.2. The Morgan fingerprint density at radius 1 is 1.21 bits per heavy atom. The second kappa shape index (κ2) is 9.03. The zero-order valence-electron chi connectivity index (χ0n) is 19.6. The number of ether oxygens (including phenoxy) is 2. The number of fused-ring (bicyclic) bond motifs is 1. The van der Waals surface area contributed by atoms with Crippen LogP contribution in [0, 0.1) is 11.8 Å². The van der Waals surface area contributed by atoms with Gasteiger partial charge in [0.15, 0.2) is 11.6 Å². The summed E-state index contributed by atoms with van der Waals surface area (Å²) < 4.78 is 50.1. The first kappa shape index (κ1) is 23.4. The lowest BCUT2D eigenvalue weighted by molar-refractivity contribution is -0.274. The molecule has 3 fully saturated rings. The van der Waals surface area contributed by atoms with Crippen LogP contribution in [0.1, 0.15) is 57.2 Å². The number of aromatic nitrogens is 3. The van der Waals surface area contributed by atoms with Crippen molar-refractivity contribution in [3.05, 3.63) is 24.0 Å². The van der Waals surface area contributed by atoms with E-state index in [9.17, 15) is 13.2 Å². The van der Waals surface area contributed by atoms with Crippen molar-refractivity contribution in [2.75, 3.05) is 32.0 Å². The highest BCUT2D eigenvalue weighted by Gasteiger charge is 2.58. The van der Waals surface area contributed by atoms with E-state index in [0.29, 0.717) is 35.1 Å². The fourth-order valence-electron chi connectivity index (χ4n) is 5.81. The van der Waals surface area contributed by atoms with Crippen molar-refractivity contribution in [3.8, 4) is 17.0 Å². The molecule has 2 N–H and O–H groups in total. The van der Waals surface area contributed by atoms with Gasteiger partial charge in [0.2, 0.25) is 0 Å². The van der Waals surface area contributed by atoms with E-state index in [-0.39, 0.29) is 11.9 Å². The quantitative estimate of drug-likeness (QED) is 0.652. The summed E-state index contributed by atoms with van der Waals surface area (Å²) in [4.78, 5) is 6.51. The van der Waals surface area contributed by atoms with E-state index in [1.54, 1.807) is 0 Å². The summed E-state index contributed by atoms with van der Waals surface area (Å²) in [6.07, 6.45) is 0.991. The molecule has 1 saturated heterocycles. The van der Waals surface area contributed by atoms with Gasteiger partial charge >= 0.3 is 6.36 Å². The molecule has 10 heteroatoms. The van der Waals surface area contributed by atoms with Crippen LogP contribution in [0.3, 0.4) is 0 Å². The fraction of sp³-hybridized carbons (Fsp3) is 0.667. The maximum Gasteiger partial charge on any atom is 0.573 e. The van der Waals surface area contributed by atoms with Crippen LogP contribution in [0.2, 0.25) is 0 Å². The van der Waals surface area contributed by atoms with Gasteiger partial charge in [0.25, 0.3) is 0 Å². The molecule has 3 aliphatic rings. The van der Waals surface area contributed by atoms with Crippen molar-refractivity contribution in [2.24, 2.45) is 11.8 Å². The molecule has 1 aliphatic heterocycles. The summed E-state index contributed by atoms with van der Waals surface area (Å²) in [5.41, 5.74) is 7.84. The minimum atomic E-state index is -4.84. The third-order valence-electron chi connectivity index (χ3n) is 7.71. The maximum absolute atomic E-state index is 12.8. The summed E-state index contributed by atoms with van der Waals surface area (Å²) in [5.74, 6) is 0.911. The van der Waals surface area contributed by atoms with Crippen LogP contribution in [-0.2, 0) is 4.74 Å². The van der Waals surface area contributed by atoms with Gasteiger partial charge in [-0.2, -0.15) is 5.10 Å². The zero-order chi connectivity index (χ0) is 24.0. The van der Waals surface area contributed by atoms with Gasteiger partial charge in [-0.3, -0.25) is 9.58 Å². The van der Waals surface area contributed by atoms with Crippen LogP contribution in [0.25, 0.3) is 11.3 Å². The number of anilines is 1. The first-order chi connectivity index (χ1) is 16.2. The summed E-state index contributed by atoms with van der Waals surface area (Å²) in [5, 5.41) is 4.80. The molecule has 5 rings (SSSR count). The number of rotatable bonds is 6. The molecule has 186 valence electrons. The number of nitrogens with zero attached hydrogens (tertiary/aromatic N) is 4. The molecule has 2 saturated carbocycles. The normalized spacial score (nSPS) is 28.4. The van der Waals surface area contributed by atoms with Crippen LogP contribution in [-0.4, -0.2) is 58.4 Å². The number of hydrogen-bond acceptors (Lipinski definition) is 6. The Kier molecular flexibility index (Phi) is 6.22. The molecular weight excluding hydrogens is 447 g/mol. The van der Waals surface area contributed by atoms with Gasteiger partial charge in [-0.15, -0.1) is 13.2 Å². The van der Waals surface area contributed by atoms with Crippen molar-refractivity contribution in [3.63, 3.8) is 0 Å². The van der Waals surface area contributed by atoms with E-state index < -0.39 is 12.1 Å². The van der Waals surface area contributed by atoms with E-state index in [0.717, 1.165) is 39.1 Å². The summed E-state index contributed by atoms with van der Waals surface area (Å²) in [7, 11) is 0. The number of alkyl halides is 3. The minimum absolute atomic E-state index is 0.191. The standard InChI is InChI=1S/C24H32F3N5O2/c1-3-14(2)32-20(22-17-10-16(11-18(17)22)31-5-4-7-33-8-6-31)12-19(30-32)15-9-21(23(28)29-13-15)34-24(25,26)27/h9,12-14,16-18,22H,3-8,10-11H2,1-2H3,(H2,28,29)/t14?,16?,17-,18+,22?. The molecule has 5 atom stereocenters. The Morgan fingerprint density at radius 2 is 1.97 bits per heavy atom. The van der Waals surface area contributed by atoms with Gasteiger partial charge in [-0.1, -0.05) is 6.92 Å². The lowest BCUT2D eigenvalue weighted by Crippen LogP contribution is -2.36. The zero-order valence-corrected chi connectivity index (χ0v) is 19.6. The molecule has 0 aromatic carbocycles. The smallest absolute Gasteiger partial charge is 0.402 e. The van der Waals surface area contributed by atoms with Crippen molar-refractivity contribution in [2.45, 2.75) is 63.9 Å². The Labute approximate surface area is 197 Å². The Hall–Kier alpha value is -2.33. The van der Waals surface area contributed by atoms with E-state index >= 15 is 0 Å². The average Bonchev–Trinajstić information content (AvgIpc) is 3.13. The number of nitrogen functional groups attached to an aromatic ring is 1. The largest absolute Gasteiger partial charge is 0.573 e. The monoisotopic (exact) mass is 479 g/mol. The number of halogens is 3. The molecule has 2 aromatic heterocycles. The van der Waals surface area contributed by atoms with Crippen molar-refractivity contribution in [1.82, 2.24) is 19.7 Å². The molecule has 7 nitrogen and oxygen atoms in total. The molecule has 3 heterocycles. The molecule has 0 radical (unpaired) electrons. The van der Waals surface area contributed by atoms with E-state index in [1.165, 1.54) is 30.8 Å². The molecule has 34 heavy (non-hydrogen) atoms. The SMILES string of the molecule is CCC(C)n1nc(-c2cnc(N)c(OC(F)(F)F)c2)cc1C1[C@H]2CC(N3CCCOCC3)C[C@@H]12.